The van der Waals surface area contributed by atoms with Crippen LogP contribution in [0.25, 0.3) is 11.1 Å². The molecule has 2 aromatic rings. The number of nitrogens with zero attached hydrogens (tertiary/aromatic N) is 2. The van der Waals surface area contributed by atoms with Gasteiger partial charge in [-0.2, -0.15) is 5.10 Å². The molecule has 0 unspecified atom stereocenters. The van der Waals surface area contributed by atoms with E-state index in [0.717, 1.165) is 31.7 Å². The Morgan fingerprint density at radius 3 is 2.65 bits per heavy atom. The molecule has 0 aliphatic heterocycles. The van der Waals surface area contributed by atoms with Gasteiger partial charge >= 0.3 is 0 Å². The van der Waals surface area contributed by atoms with Crippen LogP contribution >= 0.6 is 22.6 Å². The molecule has 0 bridgehead atoms. The molecule has 0 atom stereocenters. The summed E-state index contributed by atoms with van der Waals surface area (Å²) in [6, 6.07) is 8.44. The first-order valence-electron chi connectivity index (χ1n) is 6.64. The van der Waals surface area contributed by atoms with Gasteiger partial charge in [-0.3, -0.25) is 4.68 Å². The van der Waals surface area contributed by atoms with Gasteiger partial charge in [-0.25, -0.2) is 0 Å². The quantitative estimate of drug-likeness (QED) is 0.517. The third-order valence-electron chi connectivity index (χ3n) is 2.91. The first kappa shape index (κ1) is 15.5. The van der Waals surface area contributed by atoms with E-state index < -0.39 is 0 Å². The van der Waals surface area contributed by atoms with E-state index in [1.54, 1.807) is 7.11 Å². The number of aromatic nitrogens is 2. The fraction of sp³-hybridized carbons (Fsp3) is 0.400. The summed E-state index contributed by atoms with van der Waals surface area (Å²) in [7, 11) is 1.70. The van der Waals surface area contributed by atoms with Gasteiger partial charge in [0, 0.05) is 35.7 Å². The third-order valence-corrected chi connectivity index (χ3v) is 3.63. The Kier molecular flexibility index (Phi) is 6.49. The number of hydrogen-bond acceptors (Lipinski definition) is 3. The Balaban J connectivity index is 1.79. The van der Waals surface area contributed by atoms with Crippen molar-refractivity contribution in [2.24, 2.45) is 0 Å². The SMILES string of the molecule is COCCCOCCn1cc(-c2ccc(I)cc2)cn1. The first-order valence-corrected chi connectivity index (χ1v) is 7.72. The highest BCUT2D eigenvalue weighted by Crippen LogP contribution is 2.19. The van der Waals surface area contributed by atoms with E-state index in [9.17, 15) is 0 Å². The number of rotatable bonds is 8. The van der Waals surface area contributed by atoms with E-state index in [2.05, 4.69) is 58.2 Å². The molecule has 0 N–H and O–H groups in total. The Labute approximate surface area is 133 Å². The lowest BCUT2D eigenvalue weighted by atomic mass is 10.1. The second kappa shape index (κ2) is 8.39. The molecule has 108 valence electrons. The molecule has 1 aromatic carbocycles. The number of hydrogen-bond donors (Lipinski definition) is 0. The number of ether oxygens (including phenoxy) is 2. The molecule has 4 nitrogen and oxygen atoms in total. The average Bonchev–Trinajstić information content (AvgIpc) is 2.92. The van der Waals surface area contributed by atoms with Crippen molar-refractivity contribution in [3.63, 3.8) is 0 Å². The minimum Gasteiger partial charge on any atom is -0.385 e. The van der Waals surface area contributed by atoms with Crippen molar-refractivity contribution in [1.29, 1.82) is 0 Å². The molecule has 1 heterocycles. The second-order valence-corrected chi connectivity index (χ2v) is 5.70. The normalized spacial score (nSPS) is 10.9. The maximum absolute atomic E-state index is 5.53. The molecule has 0 saturated carbocycles. The number of benzene rings is 1. The van der Waals surface area contributed by atoms with E-state index in [0.29, 0.717) is 6.61 Å². The predicted molar refractivity (Wildman–Crippen MR) is 87.7 cm³/mol. The standard InChI is InChI=1S/C15H19IN2O2/c1-19-8-2-9-20-10-7-18-12-14(11-17-18)13-3-5-15(16)6-4-13/h3-6,11-12H,2,7-10H2,1H3. The highest BCUT2D eigenvalue weighted by molar-refractivity contribution is 14.1. The van der Waals surface area contributed by atoms with Crippen LogP contribution < -0.4 is 0 Å². The summed E-state index contributed by atoms with van der Waals surface area (Å²) in [6.45, 7) is 2.94. The first-order chi connectivity index (χ1) is 9.79. The van der Waals surface area contributed by atoms with Crippen molar-refractivity contribution in [3.8, 4) is 11.1 Å². The van der Waals surface area contributed by atoms with Crippen LogP contribution in [0.1, 0.15) is 6.42 Å². The van der Waals surface area contributed by atoms with Gasteiger partial charge in [-0.1, -0.05) is 12.1 Å². The smallest absolute Gasteiger partial charge is 0.0662 e. The summed E-state index contributed by atoms with van der Waals surface area (Å²) in [6.07, 6.45) is 4.89. The van der Waals surface area contributed by atoms with E-state index >= 15 is 0 Å². The maximum Gasteiger partial charge on any atom is 0.0662 e. The van der Waals surface area contributed by atoms with Crippen molar-refractivity contribution >= 4 is 22.6 Å². The van der Waals surface area contributed by atoms with Crippen molar-refractivity contribution in [3.05, 3.63) is 40.2 Å². The Morgan fingerprint density at radius 2 is 1.90 bits per heavy atom. The molecule has 0 saturated heterocycles. The molecular weight excluding hydrogens is 367 g/mol. The van der Waals surface area contributed by atoms with Gasteiger partial charge in [0.1, 0.15) is 0 Å². The summed E-state index contributed by atoms with van der Waals surface area (Å²) < 4.78 is 13.7. The predicted octanol–water partition coefficient (Wildman–Crippen LogP) is 3.21. The molecule has 1 aromatic heterocycles. The monoisotopic (exact) mass is 386 g/mol. The lowest BCUT2D eigenvalue weighted by molar-refractivity contribution is 0.0961. The molecule has 0 aliphatic carbocycles. The Bertz CT molecular complexity index is 511. The Morgan fingerprint density at radius 1 is 1.10 bits per heavy atom. The summed E-state index contributed by atoms with van der Waals surface area (Å²) in [5, 5.41) is 4.36. The minimum atomic E-state index is 0.678. The number of methoxy groups -OCH3 is 1. The van der Waals surface area contributed by atoms with Gasteiger partial charge in [-0.05, 0) is 46.7 Å². The van der Waals surface area contributed by atoms with Crippen molar-refractivity contribution in [2.75, 3.05) is 26.9 Å². The van der Waals surface area contributed by atoms with Gasteiger partial charge < -0.3 is 9.47 Å². The largest absolute Gasteiger partial charge is 0.385 e. The molecule has 0 spiro atoms. The third kappa shape index (κ3) is 4.88. The molecule has 0 fully saturated rings. The molecule has 0 radical (unpaired) electrons. The van der Waals surface area contributed by atoms with Crippen molar-refractivity contribution in [2.45, 2.75) is 13.0 Å². The maximum atomic E-state index is 5.53. The van der Waals surface area contributed by atoms with Crippen LogP contribution in [-0.2, 0) is 16.0 Å². The van der Waals surface area contributed by atoms with E-state index in [-0.39, 0.29) is 0 Å². The van der Waals surface area contributed by atoms with Crippen LogP contribution in [0, 0.1) is 3.57 Å². The van der Waals surface area contributed by atoms with Gasteiger partial charge in [0.05, 0.1) is 19.3 Å². The zero-order valence-electron chi connectivity index (χ0n) is 11.6. The summed E-state index contributed by atoms with van der Waals surface area (Å²) >= 11 is 2.31. The minimum absolute atomic E-state index is 0.678. The zero-order chi connectivity index (χ0) is 14.2. The van der Waals surface area contributed by atoms with Crippen LogP contribution in [0.4, 0.5) is 0 Å². The Hall–Kier alpha value is -0.920. The van der Waals surface area contributed by atoms with Crippen LogP contribution in [0.2, 0.25) is 0 Å². The average molecular weight is 386 g/mol. The molecular formula is C15H19IN2O2. The highest BCUT2D eigenvalue weighted by Gasteiger charge is 2.01. The summed E-state index contributed by atoms with van der Waals surface area (Å²) in [5.41, 5.74) is 2.33. The van der Waals surface area contributed by atoms with E-state index in [1.165, 1.54) is 9.13 Å². The summed E-state index contributed by atoms with van der Waals surface area (Å²) in [4.78, 5) is 0. The van der Waals surface area contributed by atoms with Crippen LogP contribution in [-0.4, -0.2) is 36.7 Å². The van der Waals surface area contributed by atoms with Gasteiger partial charge in [-0.15, -0.1) is 0 Å². The molecule has 0 aliphatic rings. The lowest BCUT2D eigenvalue weighted by Crippen LogP contribution is -2.08. The van der Waals surface area contributed by atoms with Crippen LogP contribution in [0.3, 0.4) is 0 Å². The summed E-state index contributed by atoms with van der Waals surface area (Å²) in [5.74, 6) is 0. The zero-order valence-corrected chi connectivity index (χ0v) is 13.7. The molecule has 2 rings (SSSR count). The second-order valence-electron chi connectivity index (χ2n) is 4.46. The van der Waals surface area contributed by atoms with Gasteiger partial charge in [0.2, 0.25) is 0 Å². The topological polar surface area (TPSA) is 36.3 Å². The molecule has 20 heavy (non-hydrogen) atoms. The van der Waals surface area contributed by atoms with Gasteiger partial charge in [0.15, 0.2) is 0 Å². The fourth-order valence-electron chi connectivity index (χ4n) is 1.84. The fourth-order valence-corrected chi connectivity index (χ4v) is 2.20. The number of halogens is 1. The molecule has 5 heteroatoms. The van der Waals surface area contributed by atoms with Crippen LogP contribution in [0.15, 0.2) is 36.7 Å². The van der Waals surface area contributed by atoms with Gasteiger partial charge in [0.25, 0.3) is 0 Å². The van der Waals surface area contributed by atoms with Crippen molar-refractivity contribution < 1.29 is 9.47 Å². The van der Waals surface area contributed by atoms with Crippen LogP contribution in [0.5, 0.6) is 0 Å². The van der Waals surface area contributed by atoms with E-state index in [4.69, 9.17) is 9.47 Å². The highest BCUT2D eigenvalue weighted by atomic mass is 127. The van der Waals surface area contributed by atoms with E-state index in [1.807, 2.05) is 10.9 Å². The van der Waals surface area contributed by atoms with Crippen molar-refractivity contribution in [1.82, 2.24) is 9.78 Å². The lowest BCUT2D eigenvalue weighted by Gasteiger charge is -2.04. The molecule has 0 amide bonds.